The van der Waals surface area contributed by atoms with Gasteiger partial charge in [-0.05, 0) is 35.6 Å². The standard InChI is InChI=1S/C15H25NO2S2/c1-2-19-13-10-17-8-9-18-11-14-20-12-5-15-3-6-16-7-4-15/h3-4,6-7H,2,5,8-14H2,1H3. The Morgan fingerprint density at radius 3 is 2.20 bits per heavy atom. The molecule has 0 saturated heterocycles. The van der Waals surface area contributed by atoms with E-state index in [0.717, 1.165) is 42.6 Å². The van der Waals surface area contributed by atoms with Gasteiger partial charge in [0.2, 0.25) is 0 Å². The van der Waals surface area contributed by atoms with Gasteiger partial charge in [-0.3, -0.25) is 4.98 Å². The van der Waals surface area contributed by atoms with Crippen LogP contribution in [0.2, 0.25) is 0 Å². The normalized spacial score (nSPS) is 10.8. The first-order valence-corrected chi connectivity index (χ1v) is 9.44. The summed E-state index contributed by atoms with van der Waals surface area (Å²) in [5.74, 6) is 4.44. The molecule has 0 spiro atoms. The molecule has 0 aliphatic heterocycles. The van der Waals surface area contributed by atoms with E-state index in [0.29, 0.717) is 13.2 Å². The molecule has 0 unspecified atom stereocenters. The Labute approximate surface area is 131 Å². The van der Waals surface area contributed by atoms with Crippen LogP contribution < -0.4 is 0 Å². The molecule has 0 aliphatic carbocycles. The zero-order valence-corrected chi connectivity index (χ0v) is 13.9. The molecule has 1 aromatic rings. The second-order valence-corrected chi connectivity index (χ2v) is 6.76. The van der Waals surface area contributed by atoms with Gasteiger partial charge in [-0.1, -0.05) is 6.92 Å². The van der Waals surface area contributed by atoms with Crippen LogP contribution in [0.4, 0.5) is 0 Å². The molecule has 5 heteroatoms. The van der Waals surface area contributed by atoms with Crippen LogP contribution in [0.25, 0.3) is 0 Å². The molecule has 114 valence electrons. The van der Waals surface area contributed by atoms with Crippen molar-refractivity contribution in [1.82, 2.24) is 4.98 Å². The molecule has 0 amide bonds. The maximum atomic E-state index is 5.53. The molecule has 0 atom stereocenters. The van der Waals surface area contributed by atoms with E-state index in [2.05, 4.69) is 24.0 Å². The Balaban J connectivity index is 1.77. The highest BCUT2D eigenvalue weighted by atomic mass is 32.2. The molecule has 0 bridgehead atoms. The average molecular weight is 316 g/mol. The van der Waals surface area contributed by atoms with Crippen molar-refractivity contribution in [3.63, 3.8) is 0 Å². The third kappa shape index (κ3) is 10.5. The number of nitrogens with zero attached hydrogens (tertiary/aromatic N) is 1. The van der Waals surface area contributed by atoms with Crippen molar-refractivity contribution in [1.29, 1.82) is 0 Å². The quantitative estimate of drug-likeness (QED) is 0.522. The van der Waals surface area contributed by atoms with Gasteiger partial charge in [0.25, 0.3) is 0 Å². The smallest absolute Gasteiger partial charge is 0.0700 e. The van der Waals surface area contributed by atoms with Crippen molar-refractivity contribution >= 4 is 23.5 Å². The van der Waals surface area contributed by atoms with Crippen molar-refractivity contribution in [2.45, 2.75) is 13.3 Å². The fourth-order valence-electron chi connectivity index (χ4n) is 1.54. The summed E-state index contributed by atoms with van der Waals surface area (Å²) in [6.45, 7) is 5.24. The highest BCUT2D eigenvalue weighted by Gasteiger charge is 1.94. The van der Waals surface area contributed by atoms with Crippen LogP contribution in [-0.2, 0) is 15.9 Å². The molecule has 0 N–H and O–H groups in total. The molecule has 0 saturated carbocycles. The maximum Gasteiger partial charge on any atom is 0.0700 e. The lowest BCUT2D eigenvalue weighted by Gasteiger charge is -2.05. The van der Waals surface area contributed by atoms with E-state index in [1.165, 1.54) is 5.56 Å². The average Bonchev–Trinajstić information content (AvgIpc) is 2.49. The van der Waals surface area contributed by atoms with E-state index in [1.54, 1.807) is 0 Å². The molecule has 0 fully saturated rings. The van der Waals surface area contributed by atoms with Gasteiger partial charge < -0.3 is 9.47 Å². The summed E-state index contributed by atoms with van der Waals surface area (Å²) in [7, 11) is 0. The molecular formula is C15H25NO2S2. The number of rotatable bonds is 13. The molecule has 20 heavy (non-hydrogen) atoms. The molecule has 1 heterocycles. The number of hydrogen-bond donors (Lipinski definition) is 0. The number of hydrogen-bond acceptors (Lipinski definition) is 5. The highest BCUT2D eigenvalue weighted by molar-refractivity contribution is 7.99. The summed E-state index contributed by atoms with van der Waals surface area (Å²) in [6, 6.07) is 4.15. The summed E-state index contributed by atoms with van der Waals surface area (Å²) in [5.41, 5.74) is 1.35. The largest absolute Gasteiger partial charge is 0.378 e. The second-order valence-electron chi connectivity index (χ2n) is 4.14. The van der Waals surface area contributed by atoms with Gasteiger partial charge in [0, 0.05) is 23.9 Å². The molecule has 1 rings (SSSR count). The van der Waals surface area contributed by atoms with Crippen LogP contribution in [0, 0.1) is 0 Å². The lowest BCUT2D eigenvalue weighted by Crippen LogP contribution is -2.08. The minimum atomic E-state index is 0.710. The highest BCUT2D eigenvalue weighted by Crippen LogP contribution is 2.05. The van der Waals surface area contributed by atoms with E-state index in [4.69, 9.17) is 9.47 Å². The summed E-state index contributed by atoms with van der Waals surface area (Å²) in [4.78, 5) is 4.01. The minimum Gasteiger partial charge on any atom is -0.378 e. The SMILES string of the molecule is CCSCCOCCOCCSCCc1ccncc1. The molecule has 1 aromatic heterocycles. The van der Waals surface area contributed by atoms with E-state index in [-0.39, 0.29) is 0 Å². The van der Waals surface area contributed by atoms with Gasteiger partial charge in [0.15, 0.2) is 0 Å². The van der Waals surface area contributed by atoms with Gasteiger partial charge in [-0.25, -0.2) is 0 Å². The number of thioether (sulfide) groups is 2. The Morgan fingerprint density at radius 2 is 1.55 bits per heavy atom. The van der Waals surface area contributed by atoms with E-state index in [1.807, 2.05) is 35.9 Å². The van der Waals surface area contributed by atoms with Crippen LogP contribution >= 0.6 is 23.5 Å². The fourth-order valence-corrected chi connectivity index (χ4v) is 2.89. The molecule has 0 aromatic carbocycles. The molecule has 0 radical (unpaired) electrons. The number of ether oxygens (including phenoxy) is 2. The Hall–Kier alpha value is -0.230. The molecule has 3 nitrogen and oxygen atoms in total. The van der Waals surface area contributed by atoms with Gasteiger partial charge in [0.05, 0.1) is 26.4 Å². The molecular weight excluding hydrogens is 290 g/mol. The van der Waals surface area contributed by atoms with Crippen molar-refractivity contribution in [2.75, 3.05) is 49.4 Å². The summed E-state index contributed by atoms with van der Waals surface area (Å²) in [5, 5.41) is 0. The first-order valence-electron chi connectivity index (χ1n) is 7.13. The summed E-state index contributed by atoms with van der Waals surface area (Å²) in [6.07, 6.45) is 4.80. The van der Waals surface area contributed by atoms with Gasteiger partial charge >= 0.3 is 0 Å². The Bertz CT molecular complexity index is 312. The fraction of sp³-hybridized carbons (Fsp3) is 0.667. The van der Waals surface area contributed by atoms with Crippen LogP contribution in [0.1, 0.15) is 12.5 Å². The predicted molar refractivity (Wildman–Crippen MR) is 89.9 cm³/mol. The van der Waals surface area contributed by atoms with Gasteiger partial charge in [-0.15, -0.1) is 0 Å². The third-order valence-electron chi connectivity index (χ3n) is 2.60. The van der Waals surface area contributed by atoms with Crippen molar-refractivity contribution < 1.29 is 9.47 Å². The minimum absolute atomic E-state index is 0.710. The number of aromatic nitrogens is 1. The second kappa shape index (κ2) is 13.7. The van der Waals surface area contributed by atoms with Crippen LogP contribution in [0.15, 0.2) is 24.5 Å². The van der Waals surface area contributed by atoms with Crippen molar-refractivity contribution in [3.05, 3.63) is 30.1 Å². The number of pyridine rings is 1. The summed E-state index contributed by atoms with van der Waals surface area (Å²) < 4.78 is 11.0. The Kier molecular flexibility index (Phi) is 12.2. The lowest BCUT2D eigenvalue weighted by atomic mass is 10.2. The van der Waals surface area contributed by atoms with Gasteiger partial charge in [-0.2, -0.15) is 23.5 Å². The van der Waals surface area contributed by atoms with E-state index in [9.17, 15) is 0 Å². The van der Waals surface area contributed by atoms with E-state index >= 15 is 0 Å². The van der Waals surface area contributed by atoms with Crippen LogP contribution in [0.5, 0.6) is 0 Å². The monoisotopic (exact) mass is 315 g/mol. The number of aryl methyl sites for hydroxylation is 1. The Morgan fingerprint density at radius 1 is 0.900 bits per heavy atom. The first kappa shape index (κ1) is 17.8. The lowest BCUT2D eigenvalue weighted by molar-refractivity contribution is 0.0605. The van der Waals surface area contributed by atoms with Crippen LogP contribution in [-0.4, -0.2) is 54.4 Å². The van der Waals surface area contributed by atoms with Gasteiger partial charge in [0.1, 0.15) is 0 Å². The maximum absolute atomic E-state index is 5.53. The molecule has 0 aliphatic rings. The zero-order chi connectivity index (χ0) is 14.3. The predicted octanol–water partition coefficient (Wildman–Crippen LogP) is 3.14. The first-order chi connectivity index (χ1) is 9.93. The van der Waals surface area contributed by atoms with Crippen molar-refractivity contribution in [2.24, 2.45) is 0 Å². The van der Waals surface area contributed by atoms with E-state index < -0.39 is 0 Å². The van der Waals surface area contributed by atoms with Crippen LogP contribution in [0.3, 0.4) is 0 Å². The topological polar surface area (TPSA) is 31.4 Å². The van der Waals surface area contributed by atoms with Crippen molar-refractivity contribution in [3.8, 4) is 0 Å². The third-order valence-corrected chi connectivity index (χ3v) is 4.42. The summed E-state index contributed by atoms with van der Waals surface area (Å²) >= 11 is 3.84. The zero-order valence-electron chi connectivity index (χ0n) is 12.3.